The van der Waals surface area contributed by atoms with E-state index in [1.165, 1.54) is 0 Å². The molecular weight excluding hydrogens is 172 g/mol. The number of anilines is 1. The molecule has 2 N–H and O–H groups in total. The van der Waals surface area contributed by atoms with Gasteiger partial charge in [-0.1, -0.05) is 25.1 Å². The summed E-state index contributed by atoms with van der Waals surface area (Å²) < 4.78 is 0. The van der Waals surface area contributed by atoms with Crippen molar-refractivity contribution in [2.75, 3.05) is 5.73 Å². The molecule has 1 aromatic rings. The van der Waals surface area contributed by atoms with Gasteiger partial charge < -0.3 is 5.73 Å². The van der Waals surface area contributed by atoms with Gasteiger partial charge in [0.15, 0.2) is 0 Å². The van der Waals surface area contributed by atoms with E-state index in [4.69, 9.17) is 11.0 Å². The first-order valence-corrected chi connectivity index (χ1v) is 4.82. The Labute approximate surface area is 85.4 Å². The van der Waals surface area contributed by atoms with Crippen molar-refractivity contribution in [2.45, 2.75) is 32.6 Å². The van der Waals surface area contributed by atoms with Crippen LogP contribution in [0.5, 0.6) is 0 Å². The van der Waals surface area contributed by atoms with E-state index in [0.29, 0.717) is 0 Å². The van der Waals surface area contributed by atoms with Crippen LogP contribution in [-0.4, -0.2) is 0 Å². The van der Waals surface area contributed by atoms with Crippen LogP contribution in [-0.2, 0) is 5.41 Å². The van der Waals surface area contributed by atoms with E-state index in [1.807, 2.05) is 39.0 Å². The van der Waals surface area contributed by atoms with Gasteiger partial charge in [-0.15, -0.1) is 0 Å². The Balaban J connectivity index is 3.33. The van der Waals surface area contributed by atoms with Crippen molar-refractivity contribution in [1.82, 2.24) is 0 Å². The number of nitrogens with two attached hydrogens (primary N) is 1. The molecule has 0 aliphatic rings. The van der Waals surface area contributed by atoms with E-state index in [2.05, 4.69) is 6.07 Å². The molecule has 2 heteroatoms. The van der Waals surface area contributed by atoms with Crippen LogP contribution in [0.15, 0.2) is 18.2 Å². The average Bonchev–Trinajstić information content (AvgIpc) is 2.21. The first-order chi connectivity index (χ1) is 6.55. The molecule has 1 unspecified atom stereocenters. The minimum absolute atomic E-state index is 0.462. The zero-order valence-electron chi connectivity index (χ0n) is 8.96. The largest absolute Gasteiger partial charge is 0.398 e. The first-order valence-electron chi connectivity index (χ1n) is 4.82. The Bertz CT molecular complexity index is 376. The van der Waals surface area contributed by atoms with Gasteiger partial charge in [0.2, 0.25) is 0 Å². The third-order valence-electron chi connectivity index (χ3n) is 2.87. The summed E-state index contributed by atoms with van der Waals surface area (Å²) in [5.41, 5.74) is 8.24. The fraction of sp³-hybridized carbons (Fsp3) is 0.417. The fourth-order valence-corrected chi connectivity index (χ4v) is 1.49. The number of nitrogen functional groups attached to an aromatic ring is 1. The number of aryl methyl sites for hydroxylation is 1. The molecular formula is C12H16N2. The molecule has 1 rings (SSSR count). The number of hydrogen-bond donors (Lipinski definition) is 1. The van der Waals surface area contributed by atoms with Gasteiger partial charge in [0, 0.05) is 5.69 Å². The zero-order chi connectivity index (χ0) is 10.8. The molecule has 1 atom stereocenters. The topological polar surface area (TPSA) is 49.8 Å². The summed E-state index contributed by atoms with van der Waals surface area (Å²) in [7, 11) is 0. The van der Waals surface area contributed by atoms with Crippen LogP contribution in [0, 0.1) is 18.3 Å². The van der Waals surface area contributed by atoms with Gasteiger partial charge in [0.1, 0.15) is 0 Å². The van der Waals surface area contributed by atoms with E-state index < -0.39 is 5.41 Å². The molecule has 0 heterocycles. The second-order valence-electron chi connectivity index (χ2n) is 3.83. The van der Waals surface area contributed by atoms with Crippen LogP contribution in [0.4, 0.5) is 5.69 Å². The highest BCUT2D eigenvalue weighted by atomic mass is 14.6. The lowest BCUT2D eigenvalue weighted by Gasteiger charge is -2.22. The van der Waals surface area contributed by atoms with Gasteiger partial charge in [-0.25, -0.2) is 0 Å². The van der Waals surface area contributed by atoms with Gasteiger partial charge in [-0.2, -0.15) is 5.26 Å². The number of para-hydroxylation sites is 1. The SMILES string of the molecule is CCC(C)(C#N)c1cccc(C)c1N. The van der Waals surface area contributed by atoms with Crippen molar-refractivity contribution in [3.8, 4) is 6.07 Å². The highest BCUT2D eigenvalue weighted by Crippen LogP contribution is 2.32. The Morgan fingerprint density at radius 3 is 2.64 bits per heavy atom. The Hall–Kier alpha value is -1.49. The minimum atomic E-state index is -0.462. The van der Waals surface area contributed by atoms with Crippen LogP contribution in [0.25, 0.3) is 0 Å². The predicted octanol–water partition coefficient (Wildman–Crippen LogP) is 2.77. The quantitative estimate of drug-likeness (QED) is 0.725. The zero-order valence-corrected chi connectivity index (χ0v) is 8.96. The molecule has 0 saturated heterocycles. The molecule has 0 fully saturated rings. The normalized spacial score (nSPS) is 14.4. The van der Waals surface area contributed by atoms with Crippen molar-refractivity contribution < 1.29 is 0 Å². The molecule has 0 bridgehead atoms. The Morgan fingerprint density at radius 2 is 2.14 bits per heavy atom. The molecule has 0 aromatic heterocycles. The number of rotatable bonds is 2. The van der Waals surface area contributed by atoms with E-state index in [1.54, 1.807) is 0 Å². The highest BCUT2D eigenvalue weighted by molar-refractivity contribution is 5.57. The average molecular weight is 188 g/mol. The number of nitrogens with zero attached hydrogens (tertiary/aromatic N) is 1. The van der Waals surface area contributed by atoms with Crippen LogP contribution in [0.1, 0.15) is 31.4 Å². The molecule has 2 nitrogen and oxygen atoms in total. The van der Waals surface area contributed by atoms with Crippen LogP contribution < -0.4 is 5.73 Å². The molecule has 0 aliphatic heterocycles. The minimum Gasteiger partial charge on any atom is -0.398 e. The summed E-state index contributed by atoms with van der Waals surface area (Å²) in [5.74, 6) is 0. The highest BCUT2D eigenvalue weighted by Gasteiger charge is 2.26. The molecule has 0 saturated carbocycles. The Kier molecular flexibility index (Phi) is 2.81. The summed E-state index contributed by atoms with van der Waals surface area (Å²) in [5, 5.41) is 9.15. The van der Waals surface area contributed by atoms with E-state index in [0.717, 1.165) is 23.2 Å². The standard InChI is InChI=1S/C12H16N2/c1-4-12(3,8-13)10-7-5-6-9(2)11(10)14/h5-7H,4,14H2,1-3H3. The van der Waals surface area contributed by atoms with Gasteiger partial charge in [0.25, 0.3) is 0 Å². The van der Waals surface area contributed by atoms with Crippen molar-refractivity contribution in [2.24, 2.45) is 0 Å². The smallest absolute Gasteiger partial charge is 0.0811 e. The summed E-state index contributed by atoms with van der Waals surface area (Å²) in [6, 6.07) is 8.19. The number of nitriles is 1. The molecule has 0 spiro atoms. The van der Waals surface area contributed by atoms with Crippen molar-refractivity contribution >= 4 is 5.69 Å². The van der Waals surface area contributed by atoms with Crippen molar-refractivity contribution in [3.05, 3.63) is 29.3 Å². The maximum atomic E-state index is 9.15. The first kappa shape index (κ1) is 10.6. The summed E-state index contributed by atoms with van der Waals surface area (Å²) >= 11 is 0. The lowest BCUT2D eigenvalue weighted by molar-refractivity contribution is 0.589. The lowest BCUT2D eigenvalue weighted by Crippen LogP contribution is -2.20. The summed E-state index contributed by atoms with van der Waals surface area (Å²) in [4.78, 5) is 0. The predicted molar refractivity (Wildman–Crippen MR) is 58.8 cm³/mol. The summed E-state index contributed by atoms with van der Waals surface area (Å²) in [6.45, 7) is 5.90. The second kappa shape index (κ2) is 3.71. The van der Waals surface area contributed by atoms with E-state index in [-0.39, 0.29) is 0 Å². The monoisotopic (exact) mass is 188 g/mol. The van der Waals surface area contributed by atoms with Crippen molar-refractivity contribution in [3.63, 3.8) is 0 Å². The van der Waals surface area contributed by atoms with E-state index in [9.17, 15) is 0 Å². The van der Waals surface area contributed by atoms with Gasteiger partial charge >= 0.3 is 0 Å². The molecule has 0 radical (unpaired) electrons. The van der Waals surface area contributed by atoms with Crippen LogP contribution in [0.2, 0.25) is 0 Å². The lowest BCUT2D eigenvalue weighted by atomic mass is 9.80. The third kappa shape index (κ3) is 1.58. The number of hydrogen-bond acceptors (Lipinski definition) is 2. The van der Waals surface area contributed by atoms with Gasteiger partial charge in [-0.05, 0) is 31.4 Å². The van der Waals surface area contributed by atoms with Gasteiger partial charge in [0.05, 0.1) is 11.5 Å². The van der Waals surface area contributed by atoms with E-state index >= 15 is 0 Å². The molecule has 74 valence electrons. The fourth-order valence-electron chi connectivity index (χ4n) is 1.49. The summed E-state index contributed by atoms with van der Waals surface area (Å²) in [6.07, 6.45) is 0.775. The maximum absolute atomic E-state index is 9.15. The third-order valence-corrected chi connectivity index (χ3v) is 2.87. The molecule has 0 amide bonds. The maximum Gasteiger partial charge on any atom is 0.0811 e. The van der Waals surface area contributed by atoms with Crippen molar-refractivity contribution in [1.29, 1.82) is 5.26 Å². The second-order valence-corrected chi connectivity index (χ2v) is 3.83. The molecule has 14 heavy (non-hydrogen) atoms. The van der Waals surface area contributed by atoms with Gasteiger partial charge in [-0.3, -0.25) is 0 Å². The van der Waals surface area contributed by atoms with Crippen LogP contribution >= 0.6 is 0 Å². The molecule has 0 aliphatic carbocycles. The Morgan fingerprint density at radius 1 is 1.50 bits per heavy atom. The van der Waals surface area contributed by atoms with Crippen LogP contribution in [0.3, 0.4) is 0 Å². The number of benzene rings is 1. The molecule has 1 aromatic carbocycles.